The average Bonchev–Trinajstić information content (AvgIpc) is 3.25. The highest BCUT2D eigenvalue weighted by Gasteiger charge is 2.72. The summed E-state index contributed by atoms with van der Waals surface area (Å²) in [4.78, 5) is 15.1. The van der Waals surface area contributed by atoms with Gasteiger partial charge in [-0.15, -0.1) is 0 Å². The van der Waals surface area contributed by atoms with Crippen molar-refractivity contribution in [3.63, 3.8) is 0 Å². The summed E-state index contributed by atoms with van der Waals surface area (Å²) in [7, 11) is 7.52. The first-order chi connectivity index (χ1) is 11.6. The molecule has 1 heterocycles. The Bertz CT molecular complexity index is 560. The zero-order chi connectivity index (χ0) is 18.5. The third-order valence-electron chi connectivity index (χ3n) is 5.73. The van der Waals surface area contributed by atoms with Crippen LogP contribution in [0.3, 0.4) is 0 Å². The van der Waals surface area contributed by atoms with Crippen LogP contribution in [0.5, 0.6) is 0 Å². The molecule has 2 aliphatic carbocycles. The van der Waals surface area contributed by atoms with E-state index < -0.39 is 11.2 Å². The van der Waals surface area contributed by atoms with Crippen molar-refractivity contribution < 1.29 is 14.3 Å². The molecule has 2 unspecified atom stereocenters. The molecule has 0 bridgehead atoms. The summed E-state index contributed by atoms with van der Waals surface area (Å²) >= 11 is 0. The van der Waals surface area contributed by atoms with E-state index in [9.17, 15) is 4.79 Å². The van der Waals surface area contributed by atoms with Gasteiger partial charge in [-0.25, -0.2) is 0 Å². The summed E-state index contributed by atoms with van der Waals surface area (Å²) in [5.41, 5.74) is 0.443. The minimum absolute atomic E-state index is 0.0320. The van der Waals surface area contributed by atoms with Crippen LogP contribution in [0.15, 0.2) is 5.10 Å². The molecule has 0 aromatic heterocycles. The van der Waals surface area contributed by atoms with Crippen molar-refractivity contribution in [2.75, 3.05) is 41.4 Å². The highest BCUT2D eigenvalue weighted by molar-refractivity contribution is 6.09. The Labute approximate surface area is 151 Å². The molecule has 3 aliphatic rings. The molecule has 0 aromatic rings. The SMILES string of the molecule is CN(C)/N=C1\CCCCC1(C(=O)N(C)C)C1CC12OCC(C)(C)CO2. The second kappa shape index (κ2) is 6.23. The largest absolute Gasteiger partial charge is 0.349 e. The number of nitrogens with zero attached hydrogens (tertiary/aromatic N) is 3. The maximum Gasteiger partial charge on any atom is 0.234 e. The van der Waals surface area contributed by atoms with E-state index in [0.717, 1.165) is 37.8 Å². The second-order valence-corrected chi connectivity index (χ2v) is 9.08. The van der Waals surface area contributed by atoms with Crippen LogP contribution in [0, 0.1) is 16.7 Å². The van der Waals surface area contributed by atoms with Crippen LogP contribution in [0.4, 0.5) is 0 Å². The second-order valence-electron chi connectivity index (χ2n) is 9.08. The molecule has 2 saturated carbocycles. The predicted molar refractivity (Wildman–Crippen MR) is 97.2 cm³/mol. The van der Waals surface area contributed by atoms with Gasteiger partial charge in [-0.3, -0.25) is 4.79 Å². The average molecular weight is 351 g/mol. The van der Waals surface area contributed by atoms with Crippen molar-refractivity contribution in [1.29, 1.82) is 0 Å². The summed E-state index contributed by atoms with van der Waals surface area (Å²) in [6.45, 7) is 5.65. The molecule has 1 saturated heterocycles. The normalized spacial score (nSPS) is 34.8. The Hall–Kier alpha value is -1.14. The van der Waals surface area contributed by atoms with Gasteiger partial charge in [-0.05, 0) is 19.3 Å². The van der Waals surface area contributed by atoms with Gasteiger partial charge in [0, 0.05) is 45.9 Å². The van der Waals surface area contributed by atoms with Gasteiger partial charge >= 0.3 is 0 Å². The summed E-state index contributed by atoms with van der Waals surface area (Å²) in [5, 5.41) is 6.57. The molecule has 6 nitrogen and oxygen atoms in total. The van der Waals surface area contributed by atoms with E-state index in [1.807, 2.05) is 33.2 Å². The Morgan fingerprint density at radius 1 is 1.12 bits per heavy atom. The Morgan fingerprint density at radius 2 is 1.76 bits per heavy atom. The van der Waals surface area contributed by atoms with E-state index in [4.69, 9.17) is 14.6 Å². The van der Waals surface area contributed by atoms with Crippen LogP contribution in [0.2, 0.25) is 0 Å². The maximum absolute atomic E-state index is 13.4. The third-order valence-corrected chi connectivity index (χ3v) is 5.73. The third kappa shape index (κ3) is 3.19. The van der Waals surface area contributed by atoms with Gasteiger partial charge in [-0.2, -0.15) is 5.10 Å². The van der Waals surface area contributed by atoms with Crippen molar-refractivity contribution in [3.8, 4) is 0 Å². The van der Waals surface area contributed by atoms with Crippen molar-refractivity contribution in [1.82, 2.24) is 9.91 Å². The first kappa shape index (κ1) is 18.6. The number of hydrogen-bond acceptors (Lipinski definition) is 5. The van der Waals surface area contributed by atoms with Crippen molar-refractivity contribution >= 4 is 11.6 Å². The maximum atomic E-state index is 13.4. The first-order valence-corrected chi connectivity index (χ1v) is 9.38. The molecule has 1 amide bonds. The topological polar surface area (TPSA) is 54.4 Å². The molecule has 2 atom stereocenters. The highest BCUT2D eigenvalue weighted by atomic mass is 16.7. The molecule has 6 heteroatoms. The van der Waals surface area contributed by atoms with Crippen LogP contribution >= 0.6 is 0 Å². The van der Waals surface area contributed by atoms with E-state index in [-0.39, 0.29) is 17.2 Å². The van der Waals surface area contributed by atoms with Gasteiger partial charge in [0.1, 0.15) is 0 Å². The molecule has 1 spiro atoms. The van der Waals surface area contributed by atoms with Crippen LogP contribution < -0.4 is 0 Å². The van der Waals surface area contributed by atoms with E-state index in [1.54, 1.807) is 4.90 Å². The molecule has 3 rings (SSSR count). The number of hydrazone groups is 1. The Morgan fingerprint density at radius 3 is 2.32 bits per heavy atom. The lowest BCUT2D eigenvalue weighted by atomic mass is 9.67. The fourth-order valence-electron chi connectivity index (χ4n) is 4.41. The smallest absolute Gasteiger partial charge is 0.234 e. The monoisotopic (exact) mass is 351 g/mol. The van der Waals surface area contributed by atoms with Gasteiger partial charge in [0.05, 0.1) is 24.3 Å². The summed E-state index contributed by atoms with van der Waals surface area (Å²) in [6.07, 6.45) is 4.62. The summed E-state index contributed by atoms with van der Waals surface area (Å²) < 4.78 is 12.4. The zero-order valence-corrected chi connectivity index (χ0v) is 16.6. The minimum atomic E-state index is -0.592. The summed E-state index contributed by atoms with van der Waals surface area (Å²) in [6, 6.07) is 0. The number of ether oxygens (including phenoxy) is 2. The van der Waals surface area contributed by atoms with Gasteiger partial charge < -0.3 is 19.4 Å². The van der Waals surface area contributed by atoms with Gasteiger partial charge in [-0.1, -0.05) is 20.3 Å². The fourth-order valence-corrected chi connectivity index (χ4v) is 4.41. The Balaban J connectivity index is 1.95. The van der Waals surface area contributed by atoms with Gasteiger partial charge in [0.2, 0.25) is 5.91 Å². The molecule has 142 valence electrons. The summed E-state index contributed by atoms with van der Waals surface area (Å²) in [5.74, 6) is -0.386. The molecule has 25 heavy (non-hydrogen) atoms. The van der Waals surface area contributed by atoms with Crippen molar-refractivity contribution in [2.24, 2.45) is 21.8 Å². The van der Waals surface area contributed by atoms with E-state index >= 15 is 0 Å². The molecular weight excluding hydrogens is 318 g/mol. The number of rotatable bonds is 3. The van der Waals surface area contributed by atoms with Crippen molar-refractivity contribution in [2.45, 2.75) is 51.7 Å². The van der Waals surface area contributed by atoms with E-state index in [1.165, 1.54) is 0 Å². The molecule has 3 fully saturated rings. The zero-order valence-electron chi connectivity index (χ0n) is 16.6. The molecule has 0 radical (unpaired) electrons. The minimum Gasteiger partial charge on any atom is -0.349 e. The van der Waals surface area contributed by atoms with E-state index in [2.05, 4.69) is 13.8 Å². The number of amides is 1. The number of carbonyl (C=O) groups excluding carboxylic acids is 1. The highest BCUT2D eigenvalue weighted by Crippen LogP contribution is 2.63. The van der Waals surface area contributed by atoms with Crippen molar-refractivity contribution in [3.05, 3.63) is 0 Å². The van der Waals surface area contributed by atoms with Crippen LogP contribution in [0.25, 0.3) is 0 Å². The lowest BCUT2D eigenvalue weighted by Crippen LogP contribution is -2.53. The number of carbonyl (C=O) groups is 1. The molecule has 0 aromatic carbocycles. The Kier molecular flexibility index (Phi) is 4.65. The predicted octanol–water partition coefficient (Wildman–Crippen LogP) is 2.34. The first-order valence-electron chi connectivity index (χ1n) is 9.38. The number of hydrogen-bond donors (Lipinski definition) is 0. The van der Waals surface area contributed by atoms with Crippen LogP contribution in [-0.4, -0.2) is 68.7 Å². The standard InChI is InChI=1S/C19H33N3O3/c1-17(2)12-24-19(25-13-17)11-14(19)18(16(23)21(3)4)10-8-7-9-15(18)20-22(5)6/h14H,7-13H2,1-6H3/b20-15+. The van der Waals surface area contributed by atoms with E-state index in [0.29, 0.717) is 13.2 Å². The lowest BCUT2D eigenvalue weighted by Gasteiger charge is -2.43. The van der Waals surface area contributed by atoms with Crippen LogP contribution in [-0.2, 0) is 14.3 Å². The van der Waals surface area contributed by atoms with Gasteiger partial charge in [0.15, 0.2) is 5.79 Å². The van der Waals surface area contributed by atoms with Gasteiger partial charge in [0.25, 0.3) is 0 Å². The molecule has 0 N–H and O–H groups in total. The molecule has 1 aliphatic heterocycles. The lowest BCUT2D eigenvalue weighted by molar-refractivity contribution is -0.254. The quantitative estimate of drug-likeness (QED) is 0.733. The van der Waals surface area contributed by atoms with Crippen LogP contribution in [0.1, 0.15) is 46.0 Å². The fraction of sp³-hybridized carbons (Fsp3) is 0.895. The molecular formula is C19H33N3O3.